The summed E-state index contributed by atoms with van der Waals surface area (Å²) in [4.78, 5) is 11.1. The van der Waals surface area contributed by atoms with Crippen molar-refractivity contribution in [3.8, 4) is 0 Å². The molecule has 0 aromatic rings. The number of nitrogens with one attached hydrogen (secondary N) is 1. The van der Waals surface area contributed by atoms with E-state index < -0.39 is 0 Å². The maximum Gasteiger partial charge on any atom is 0.232 e. The van der Waals surface area contributed by atoms with Crippen LogP contribution in [0.25, 0.3) is 0 Å². The van der Waals surface area contributed by atoms with Crippen LogP contribution in [0.5, 0.6) is 0 Å². The first-order valence-corrected chi connectivity index (χ1v) is 5.93. The Morgan fingerprint density at radius 1 is 1.58 bits per heavy atom. The second kappa shape index (κ2) is 6.66. The molecule has 0 aliphatic heterocycles. The van der Waals surface area contributed by atoms with Gasteiger partial charge in [-0.05, 0) is 24.9 Å². The predicted molar refractivity (Wildman–Crippen MR) is 59.0 cm³/mol. The number of amides is 1. The van der Waals surface area contributed by atoms with Crippen LogP contribution in [0.4, 0.5) is 0 Å². The van der Waals surface area contributed by atoms with E-state index in [4.69, 9.17) is 0 Å². The number of carbonyl (C=O) groups excluding carboxylic acids is 1. The molecule has 0 aliphatic carbocycles. The van der Waals surface area contributed by atoms with E-state index in [9.17, 15) is 4.79 Å². The van der Waals surface area contributed by atoms with E-state index >= 15 is 0 Å². The normalized spacial score (nSPS) is 15.3. The fraction of sp³-hybridized carbons (Fsp3) is 0.875. The van der Waals surface area contributed by atoms with Crippen molar-refractivity contribution in [1.29, 1.82) is 0 Å². The highest BCUT2D eigenvalue weighted by atomic mass is 32.2. The zero-order chi connectivity index (χ0) is 9.56. The summed E-state index contributed by atoms with van der Waals surface area (Å²) in [5.41, 5.74) is 0. The van der Waals surface area contributed by atoms with Crippen LogP contribution < -0.4 is 5.32 Å². The summed E-state index contributed by atoms with van der Waals surface area (Å²) in [7, 11) is 0. The van der Waals surface area contributed by atoms with Crippen molar-refractivity contribution < 1.29 is 4.79 Å². The molecule has 1 N–H and O–H groups in total. The van der Waals surface area contributed by atoms with Gasteiger partial charge in [-0.15, -0.1) is 0 Å². The summed E-state index contributed by atoms with van der Waals surface area (Å²) in [6, 6.07) is 0. The summed E-state index contributed by atoms with van der Waals surface area (Å²) in [5, 5.41) is 2.64. The van der Waals surface area contributed by atoms with Gasteiger partial charge in [0.25, 0.3) is 0 Å². The Labute approximate surface area is 84.3 Å². The Kier molecular flexibility index (Phi) is 6.76. The van der Waals surface area contributed by atoms with Crippen molar-refractivity contribution in [3.05, 3.63) is 0 Å². The molecule has 0 radical (unpaired) electrons. The fourth-order valence-electron chi connectivity index (χ4n) is 0.766. The van der Waals surface area contributed by atoms with Crippen LogP contribution in [0, 0.1) is 5.92 Å². The highest BCUT2D eigenvalue weighted by Crippen LogP contribution is 2.02. The van der Waals surface area contributed by atoms with Crippen molar-refractivity contribution in [3.63, 3.8) is 0 Å². The molecule has 0 aromatic carbocycles. The van der Waals surface area contributed by atoms with E-state index in [1.165, 1.54) is 0 Å². The number of hydrogen-bond acceptors (Lipinski definition) is 3. The Hall–Kier alpha value is 0.170. The zero-order valence-electron chi connectivity index (χ0n) is 7.83. The lowest BCUT2D eigenvalue weighted by Crippen LogP contribution is -2.33. The van der Waals surface area contributed by atoms with Crippen molar-refractivity contribution >= 4 is 30.3 Å². The molecule has 1 amide bonds. The highest BCUT2D eigenvalue weighted by molar-refractivity contribution is 7.98. The molecule has 0 spiro atoms. The molecule has 0 bridgehead atoms. The predicted octanol–water partition coefficient (Wildman–Crippen LogP) is 1.42. The Morgan fingerprint density at radius 2 is 2.17 bits per heavy atom. The van der Waals surface area contributed by atoms with Gasteiger partial charge in [-0.3, -0.25) is 4.79 Å². The molecule has 2 atom stereocenters. The molecule has 0 fully saturated rings. The standard InChI is InChI=1S/C8H17NOS2/c1-6(5-12-3)4-9-8(10)7(2)11/h6-7,11H,4-5H2,1-3H3,(H,9,10). The molecule has 0 rings (SSSR count). The van der Waals surface area contributed by atoms with E-state index in [0.29, 0.717) is 5.92 Å². The summed E-state index contributed by atoms with van der Waals surface area (Å²) < 4.78 is 0. The van der Waals surface area contributed by atoms with Crippen LogP contribution in [0.15, 0.2) is 0 Å². The molecule has 72 valence electrons. The largest absolute Gasteiger partial charge is 0.355 e. The highest BCUT2D eigenvalue weighted by Gasteiger charge is 2.08. The monoisotopic (exact) mass is 207 g/mol. The minimum atomic E-state index is -0.202. The molecule has 0 aliphatic rings. The maximum absolute atomic E-state index is 11.1. The van der Waals surface area contributed by atoms with E-state index in [1.54, 1.807) is 18.7 Å². The third-order valence-electron chi connectivity index (χ3n) is 1.46. The lowest BCUT2D eigenvalue weighted by molar-refractivity contribution is -0.120. The summed E-state index contributed by atoms with van der Waals surface area (Å²) in [6.07, 6.45) is 2.07. The topological polar surface area (TPSA) is 29.1 Å². The molecule has 0 saturated carbocycles. The lowest BCUT2D eigenvalue weighted by atomic mass is 10.2. The molecule has 12 heavy (non-hydrogen) atoms. The minimum Gasteiger partial charge on any atom is -0.355 e. The third kappa shape index (κ3) is 5.77. The van der Waals surface area contributed by atoms with Crippen molar-refractivity contribution in [1.82, 2.24) is 5.32 Å². The average Bonchev–Trinajstić information content (AvgIpc) is 2.00. The van der Waals surface area contributed by atoms with Gasteiger partial charge >= 0.3 is 0 Å². The van der Waals surface area contributed by atoms with Crippen LogP contribution in [0.2, 0.25) is 0 Å². The van der Waals surface area contributed by atoms with Gasteiger partial charge in [-0.25, -0.2) is 0 Å². The van der Waals surface area contributed by atoms with Gasteiger partial charge in [0.15, 0.2) is 0 Å². The summed E-state index contributed by atoms with van der Waals surface area (Å²) in [6.45, 7) is 4.65. The maximum atomic E-state index is 11.1. The zero-order valence-corrected chi connectivity index (χ0v) is 9.54. The fourth-order valence-corrected chi connectivity index (χ4v) is 1.54. The van der Waals surface area contributed by atoms with Gasteiger partial charge in [0, 0.05) is 6.54 Å². The smallest absolute Gasteiger partial charge is 0.232 e. The van der Waals surface area contributed by atoms with Crippen LogP contribution in [0.3, 0.4) is 0 Å². The first kappa shape index (κ1) is 12.2. The SMILES string of the molecule is CSCC(C)CNC(=O)C(C)S. The molecule has 4 heteroatoms. The average molecular weight is 207 g/mol. The van der Waals surface area contributed by atoms with Gasteiger partial charge in [-0.2, -0.15) is 24.4 Å². The Morgan fingerprint density at radius 3 is 2.58 bits per heavy atom. The molecular weight excluding hydrogens is 190 g/mol. The molecule has 2 nitrogen and oxygen atoms in total. The molecule has 2 unspecified atom stereocenters. The molecule has 0 aromatic heterocycles. The van der Waals surface area contributed by atoms with Crippen LogP contribution in [-0.4, -0.2) is 29.7 Å². The van der Waals surface area contributed by atoms with Crippen LogP contribution >= 0.6 is 24.4 Å². The van der Waals surface area contributed by atoms with E-state index in [2.05, 4.69) is 31.1 Å². The van der Waals surface area contributed by atoms with E-state index in [-0.39, 0.29) is 11.2 Å². The Balaban J connectivity index is 3.47. The number of thioether (sulfide) groups is 1. The summed E-state index contributed by atoms with van der Waals surface area (Å²) in [5.74, 6) is 1.64. The third-order valence-corrected chi connectivity index (χ3v) is 2.59. The summed E-state index contributed by atoms with van der Waals surface area (Å²) >= 11 is 5.83. The van der Waals surface area contributed by atoms with Crippen LogP contribution in [0.1, 0.15) is 13.8 Å². The van der Waals surface area contributed by atoms with Gasteiger partial charge in [0.2, 0.25) is 5.91 Å². The second-order valence-corrected chi connectivity index (χ2v) is 4.67. The molecular formula is C8H17NOS2. The van der Waals surface area contributed by atoms with Crippen molar-refractivity contribution in [2.24, 2.45) is 5.92 Å². The van der Waals surface area contributed by atoms with Gasteiger partial charge in [0.05, 0.1) is 5.25 Å². The lowest BCUT2D eigenvalue weighted by Gasteiger charge is -2.12. The quantitative estimate of drug-likeness (QED) is 0.668. The van der Waals surface area contributed by atoms with E-state index in [1.807, 2.05) is 0 Å². The molecule has 0 saturated heterocycles. The van der Waals surface area contributed by atoms with Crippen LogP contribution in [-0.2, 0) is 4.79 Å². The number of thiol groups is 1. The van der Waals surface area contributed by atoms with E-state index in [0.717, 1.165) is 12.3 Å². The van der Waals surface area contributed by atoms with Crippen molar-refractivity contribution in [2.45, 2.75) is 19.1 Å². The first-order valence-electron chi connectivity index (χ1n) is 4.02. The van der Waals surface area contributed by atoms with Crippen molar-refractivity contribution in [2.75, 3.05) is 18.6 Å². The first-order chi connectivity index (χ1) is 5.57. The van der Waals surface area contributed by atoms with Gasteiger partial charge < -0.3 is 5.32 Å². The van der Waals surface area contributed by atoms with Gasteiger partial charge in [-0.1, -0.05) is 6.92 Å². The molecule has 0 heterocycles. The number of carbonyl (C=O) groups is 1. The van der Waals surface area contributed by atoms with Gasteiger partial charge in [0.1, 0.15) is 0 Å². The number of rotatable bonds is 5. The Bertz CT molecular complexity index is 139. The minimum absolute atomic E-state index is 0.0197. The second-order valence-electron chi connectivity index (χ2n) is 2.98. The number of hydrogen-bond donors (Lipinski definition) is 2.